The van der Waals surface area contributed by atoms with Crippen LogP contribution in [0.15, 0.2) is 35.2 Å². The smallest absolute Gasteiger partial charge is 0.475 e. The second-order valence-corrected chi connectivity index (χ2v) is 8.49. The molecule has 3 rings (SSSR count). The predicted molar refractivity (Wildman–Crippen MR) is 109 cm³/mol. The number of hydrogen-bond donors (Lipinski definition) is 3. The van der Waals surface area contributed by atoms with Gasteiger partial charge in [0.25, 0.3) is 0 Å². The number of nitrogens with one attached hydrogen (secondary N) is 1. The number of nitrogens with two attached hydrogens (primary N) is 1. The van der Waals surface area contributed by atoms with E-state index in [1.165, 1.54) is 25.2 Å². The van der Waals surface area contributed by atoms with Crippen molar-refractivity contribution in [1.82, 2.24) is 15.0 Å². The first-order valence-electron chi connectivity index (χ1n) is 8.79. The molecule has 1 aromatic carbocycles. The van der Waals surface area contributed by atoms with E-state index in [4.69, 9.17) is 15.6 Å². The Morgan fingerprint density at radius 2 is 1.62 bits per heavy atom. The van der Waals surface area contributed by atoms with Gasteiger partial charge in [0, 0.05) is 18.9 Å². The van der Waals surface area contributed by atoms with Gasteiger partial charge in [-0.1, -0.05) is 18.2 Å². The standard InChI is InChI=1S/C16H14F3N5O2S.C2HF3O2/c1-21-13-9-7-11(27(2,25)26)12(22-14(9)24-15(20)23-13)8-5-3-4-6-10(8)16(17,18)19;3-2(4,5)1(6)7/h3-7H,1-2H3,(H3,20,21,22,23,24);(H,6,7). The molecule has 0 aliphatic heterocycles. The molecule has 2 aromatic heterocycles. The highest BCUT2D eigenvalue weighted by Gasteiger charge is 2.38. The number of fused-ring (bicyclic) bond motifs is 1. The van der Waals surface area contributed by atoms with E-state index in [0.717, 1.165) is 18.4 Å². The fourth-order valence-corrected chi connectivity index (χ4v) is 3.49. The lowest BCUT2D eigenvalue weighted by Crippen LogP contribution is -2.21. The number of sulfone groups is 1. The molecule has 0 saturated heterocycles. The van der Waals surface area contributed by atoms with Gasteiger partial charge >= 0.3 is 18.3 Å². The highest BCUT2D eigenvalue weighted by atomic mass is 32.2. The van der Waals surface area contributed by atoms with Crippen molar-refractivity contribution in [2.45, 2.75) is 17.2 Å². The van der Waals surface area contributed by atoms with Crippen molar-refractivity contribution in [1.29, 1.82) is 0 Å². The molecule has 9 nitrogen and oxygen atoms in total. The number of benzene rings is 1. The molecule has 0 saturated carbocycles. The highest BCUT2D eigenvalue weighted by molar-refractivity contribution is 7.90. The van der Waals surface area contributed by atoms with Crippen LogP contribution in [0.4, 0.5) is 38.1 Å². The molecule has 4 N–H and O–H groups in total. The van der Waals surface area contributed by atoms with Crippen LogP contribution in [-0.2, 0) is 20.8 Å². The molecule has 0 amide bonds. The Kier molecular flexibility index (Phi) is 7.25. The zero-order chi connectivity index (χ0) is 26.1. The fraction of sp³-hybridized carbons (Fsp3) is 0.222. The van der Waals surface area contributed by atoms with Gasteiger partial charge in [-0.2, -0.15) is 36.3 Å². The van der Waals surface area contributed by atoms with E-state index in [0.29, 0.717) is 0 Å². The van der Waals surface area contributed by atoms with Gasteiger partial charge in [0.15, 0.2) is 15.5 Å². The first kappa shape index (κ1) is 26.6. The van der Waals surface area contributed by atoms with Gasteiger partial charge in [-0.3, -0.25) is 0 Å². The van der Waals surface area contributed by atoms with Crippen LogP contribution in [0.2, 0.25) is 0 Å². The number of aromatic nitrogens is 3. The molecule has 0 atom stereocenters. The van der Waals surface area contributed by atoms with E-state index >= 15 is 0 Å². The van der Waals surface area contributed by atoms with Crippen LogP contribution in [0.5, 0.6) is 0 Å². The van der Waals surface area contributed by atoms with Crippen LogP contribution < -0.4 is 11.1 Å². The minimum Gasteiger partial charge on any atom is -0.475 e. The predicted octanol–water partition coefficient (Wildman–Crippen LogP) is 3.37. The summed E-state index contributed by atoms with van der Waals surface area (Å²) in [6.45, 7) is 0. The molecule has 0 spiro atoms. The van der Waals surface area contributed by atoms with Crippen LogP contribution in [0.3, 0.4) is 0 Å². The average Bonchev–Trinajstić information content (AvgIpc) is 2.70. The zero-order valence-electron chi connectivity index (χ0n) is 17.2. The van der Waals surface area contributed by atoms with Crippen LogP contribution >= 0.6 is 0 Å². The number of nitrogen functional groups attached to an aromatic ring is 1. The van der Waals surface area contributed by atoms with Gasteiger partial charge in [-0.05, 0) is 12.1 Å². The Morgan fingerprint density at radius 1 is 1.06 bits per heavy atom. The molecule has 184 valence electrons. The molecular weight excluding hydrogens is 496 g/mol. The molecule has 0 aliphatic carbocycles. The van der Waals surface area contributed by atoms with E-state index < -0.39 is 33.7 Å². The first-order chi connectivity index (χ1) is 15.5. The Balaban J connectivity index is 0.000000509. The van der Waals surface area contributed by atoms with Crippen LogP contribution in [0.1, 0.15) is 5.56 Å². The second-order valence-electron chi connectivity index (χ2n) is 6.51. The van der Waals surface area contributed by atoms with Gasteiger partial charge in [-0.25, -0.2) is 18.2 Å². The summed E-state index contributed by atoms with van der Waals surface area (Å²) in [6, 6.07) is 5.81. The van der Waals surface area contributed by atoms with Crippen LogP contribution in [0, 0.1) is 0 Å². The number of anilines is 2. The number of aliphatic carboxylic acids is 1. The van der Waals surface area contributed by atoms with E-state index in [1.807, 2.05) is 0 Å². The van der Waals surface area contributed by atoms with Crippen molar-refractivity contribution in [3.8, 4) is 11.3 Å². The monoisotopic (exact) mass is 511 g/mol. The number of alkyl halides is 6. The van der Waals surface area contributed by atoms with Gasteiger partial charge < -0.3 is 16.2 Å². The molecule has 0 unspecified atom stereocenters. The lowest BCUT2D eigenvalue weighted by Gasteiger charge is -2.15. The molecule has 0 bridgehead atoms. The summed E-state index contributed by atoms with van der Waals surface area (Å²) in [5.74, 6) is -2.69. The third-order valence-electron chi connectivity index (χ3n) is 4.04. The topological polar surface area (TPSA) is 148 Å². The SMILES string of the molecule is CNc1nc(N)nc2nc(-c3ccccc3C(F)(F)F)c(S(C)(=O)=O)cc12.O=C(O)C(F)(F)F. The van der Waals surface area contributed by atoms with E-state index in [-0.39, 0.29) is 39.0 Å². The number of carbonyl (C=O) groups is 1. The highest BCUT2D eigenvalue weighted by Crippen LogP contribution is 2.39. The first-order valence-corrected chi connectivity index (χ1v) is 10.7. The summed E-state index contributed by atoms with van der Waals surface area (Å²) in [6.07, 6.45) is -8.88. The van der Waals surface area contributed by atoms with Gasteiger partial charge in [-0.15, -0.1) is 0 Å². The lowest BCUT2D eigenvalue weighted by atomic mass is 10.0. The maximum atomic E-state index is 13.4. The Labute approximate surface area is 187 Å². The Hall–Kier alpha value is -3.69. The minimum atomic E-state index is -5.08. The fourth-order valence-electron chi connectivity index (χ4n) is 2.66. The summed E-state index contributed by atoms with van der Waals surface area (Å²) in [5, 5.41) is 10.1. The van der Waals surface area contributed by atoms with Gasteiger partial charge in [0.2, 0.25) is 5.95 Å². The molecular formula is C18H15F6N5O4S. The van der Waals surface area contributed by atoms with Gasteiger partial charge in [0.1, 0.15) is 5.82 Å². The van der Waals surface area contributed by atoms with Gasteiger partial charge in [0.05, 0.1) is 21.5 Å². The average molecular weight is 511 g/mol. The normalized spacial score (nSPS) is 12.1. The van der Waals surface area contributed by atoms with E-state index in [2.05, 4.69) is 20.3 Å². The third kappa shape index (κ3) is 6.00. The third-order valence-corrected chi connectivity index (χ3v) is 5.15. The molecule has 0 radical (unpaired) electrons. The minimum absolute atomic E-state index is 0.0220. The molecule has 0 aliphatic rings. The number of nitrogens with zero attached hydrogens (tertiary/aromatic N) is 3. The van der Waals surface area contributed by atoms with Crippen molar-refractivity contribution >= 4 is 38.6 Å². The van der Waals surface area contributed by atoms with E-state index in [1.54, 1.807) is 0 Å². The molecule has 2 heterocycles. The molecule has 34 heavy (non-hydrogen) atoms. The number of pyridine rings is 1. The van der Waals surface area contributed by atoms with Crippen molar-refractivity contribution in [3.63, 3.8) is 0 Å². The number of rotatable bonds is 3. The maximum absolute atomic E-state index is 13.4. The Bertz CT molecular complexity index is 1340. The Morgan fingerprint density at radius 3 is 2.09 bits per heavy atom. The largest absolute Gasteiger partial charge is 0.490 e. The summed E-state index contributed by atoms with van der Waals surface area (Å²) in [4.78, 5) is 20.5. The summed E-state index contributed by atoms with van der Waals surface area (Å²) >= 11 is 0. The number of hydrogen-bond acceptors (Lipinski definition) is 8. The number of halogens is 6. The quantitative estimate of drug-likeness (QED) is 0.450. The summed E-state index contributed by atoms with van der Waals surface area (Å²) in [7, 11) is -2.38. The number of carboxylic acids is 1. The van der Waals surface area contributed by atoms with E-state index in [9.17, 15) is 34.8 Å². The number of carboxylic acid groups (broad SMARTS) is 1. The van der Waals surface area contributed by atoms with Crippen LogP contribution in [0.25, 0.3) is 22.3 Å². The molecule has 0 fully saturated rings. The maximum Gasteiger partial charge on any atom is 0.490 e. The van der Waals surface area contributed by atoms with Crippen LogP contribution in [-0.4, -0.2) is 53.9 Å². The summed E-state index contributed by atoms with van der Waals surface area (Å²) < 4.78 is 96.6. The molecule has 3 aromatic rings. The summed E-state index contributed by atoms with van der Waals surface area (Å²) in [5.41, 5.74) is 3.87. The second kappa shape index (κ2) is 9.28. The zero-order valence-corrected chi connectivity index (χ0v) is 18.0. The molecule has 16 heteroatoms. The van der Waals surface area contributed by atoms with Crippen molar-refractivity contribution < 1.29 is 44.7 Å². The van der Waals surface area contributed by atoms with Crippen molar-refractivity contribution in [2.75, 3.05) is 24.4 Å². The van der Waals surface area contributed by atoms with Crippen molar-refractivity contribution in [3.05, 3.63) is 35.9 Å². The van der Waals surface area contributed by atoms with Crippen molar-refractivity contribution in [2.24, 2.45) is 0 Å². The lowest BCUT2D eigenvalue weighted by molar-refractivity contribution is -0.192.